The lowest BCUT2D eigenvalue weighted by molar-refractivity contribution is 0.129. The molecular formula is C25H37NO2. The zero-order valence-corrected chi connectivity index (χ0v) is 17.8. The van der Waals surface area contributed by atoms with Crippen LogP contribution in [-0.2, 0) is 11.2 Å². The van der Waals surface area contributed by atoms with Gasteiger partial charge in [0, 0.05) is 25.0 Å². The monoisotopic (exact) mass is 383 g/mol. The van der Waals surface area contributed by atoms with Gasteiger partial charge in [-0.25, -0.2) is 0 Å². The first-order chi connectivity index (χ1) is 13.8. The minimum absolute atomic E-state index is 0.804. The first-order valence-electron chi connectivity index (χ1n) is 11.1. The van der Waals surface area contributed by atoms with Gasteiger partial charge in [-0.15, -0.1) is 0 Å². The smallest absolute Gasteiger partial charge is 0.119 e. The molecule has 1 aromatic carbocycles. The van der Waals surface area contributed by atoms with Gasteiger partial charge in [0.2, 0.25) is 0 Å². The van der Waals surface area contributed by atoms with E-state index in [1.165, 1.54) is 37.7 Å². The average Bonchev–Trinajstić information content (AvgIpc) is 2.74. The van der Waals surface area contributed by atoms with Crippen molar-refractivity contribution in [1.29, 1.82) is 0 Å². The second-order valence-electron chi connectivity index (χ2n) is 7.41. The van der Waals surface area contributed by atoms with Crippen molar-refractivity contribution in [1.82, 2.24) is 4.98 Å². The molecular weight excluding hydrogens is 346 g/mol. The number of pyridine rings is 1. The van der Waals surface area contributed by atoms with E-state index in [1.54, 1.807) is 0 Å². The third kappa shape index (κ3) is 8.88. The summed E-state index contributed by atoms with van der Waals surface area (Å²) in [7, 11) is 0. The van der Waals surface area contributed by atoms with Crippen molar-refractivity contribution in [2.24, 2.45) is 0 Å². The highest BCUT2D eigenvalue weighted by molar-refractivity contribution is 5.60. The summed E-state index contributed by atoms with van der Waals surface area (Å²) >= 11 is 0. The normalized spacial score (nSPS) is 10.9. The molecule has 0 aliphatic heterocycles. The van der Waals surface area contributed by atoms with Crippen LogP contribution in [0.3, 0.4) is 0 Å². The fourth-order valence-electron chi connectivity index (χ4n) is 3.09. The maximum atomic E-state index is 5.84. The van der Waals surface area contributed by atoms with Crippen LogP contribution < -0.4 is 4.74 Å². The van der Waals surface area contributed by atoms with E-state index in [0.717, 1.165) is 62.5 Å². The van der Waals surface area contributed by atoms with Gasteiger partial charge in [-0.05, 0) is 61.6 Å². The summed E-state index contributed by atoms with van der Waals surface area (Å²) in [4.78, 5) is 4.63. The van der Waals surface area contributed by atoms with E-state index in [9.17, 15) is 0 Å². The minimum Gasteiger partial charge on any atom is -0.494 e. The number of unbranched alkanes of at least 4 members (excludes halogenated alkanes) is 5. The molecule has 1 aromatic heterocycles. The molecule has 0 spiro atoms. The summed E-state index contributed by atoms with van der Waals surface area (Å²) in [5, 5.41) is 0. The van der Waals surface area contributed by atoms with Crippen molar-refractivity contribution in [3.05, 3.63) is 48.2 Å². The van der Waals surface area contributed by atoms with Crippen LogP contribution in [0.1, 0.15) is 70.8 Å². The van der Waals surface area contributed by atoms with E-state index in [0.29, 0.717) is 0 Å². The lowest BCUT2D eigenvalue weighted by atomic mass is 10.1. The molecule has 0 unspecified atom stereocenters. The van der Waals surface area contributed by atoms with Gasteiger partial charge in [0.05, 0.1) is 12.3 Å². The van der Waals surface area contributed by atoms with Crippen LogP contribution in [0.25, 0.3) is 11.3 Å². The van der Waals surface area contributed by atoms with E-state index < -0.39 is 0 Å². The quantitative estimate of drug-likeness (QED) is 0.315. The number of aromatic nitrogens is 1. The first kappa shape index (κ1) is 22.4. The molecule has 0 aliphatic carbocycles. The third-order valence-corrected chi connectivity index (χ3v) is 4.89. The molecule has 3 heteroatoms. The topological polar surface area (TPSA) is 31.4 Å². The van der Waals surface area contributed by atoms with Crippen LogP contribution in [0.15, 0.2) is 42.6 Å². The van der Waals surface area contributed by atoms with Crippen molar-refractivity contribution >= 4 is 0 Å². The second kappa shape index (κ2) is 14.2. The Balaban J connectivity index is 1.71. The van der Waals surface area contributed by atoms with Crippen LogP contribution in [0.4, 0.5) is 0 Å². The number of ether oxygens (including phenoxy) is 2. The molecule has 0 saturated carbocycles. The van der Waals surface area contributed by atoms with E-state index in [2.05, 4.69) is 43.1 Å². The van der Waals surface area contributed by atoms with Gasteiger partial charge in [0.15, 0.2) is 0 Å². The molecule has 0 radical (unpaired) electrons. The summed E-state index contributed by atoms with van der Waals surface area (Å²) in [6.45, 7) is 6.95. The Hall–Kier alpha value is -1.87. The van der Waals surface area contributed by atoms with Crippen molar-refractivity contribution < 1.29 is 9.47 Å². The number of aryl methyl sites for hydroxylation is 1. The Morgan fingerprint density at radius 3 is 2.18 bits per heavy atom. The Labute approximate surface area is 171 Å². The molecule has 0 N–H and O–H groups in total. The molecule has 0 fully saturated rings. The van der Waals surface area contributed by atoms with Crippen molar-refractivity contribution in [3.63, 3.8) is 0 Å². The van der Waals surface area contributed by atoms with E-state index in [4.69, 9.17) is 9.47 Å². The van der Waals surface area contributed by atoms with Crippen LogP contribution in [0.5, 0.6) is 5.75 Å². The van der Waals surface area contributed by atoms with Crippen molar-refractivity contribution in [3.8, 4) is 17.0 Å². The average molecular weight is 384 g/mol. The zero-order chi connectivity index (χ0) is 19.9. The molecule has 0 aliphatic rings. The van der Waals surface area contributed by atoms with Gasteiger partial charge in [-0.3, -0.25) is 4.98 Å². The summed E-state index contributed by atoms with van der Waals surface area (Å²) in [6.07, 6.45) is 12.7. The van der Waals surface area contributed by atoms with E-state index in [-0.39, 0.29) is 0 Å². The predicted octanol–water partition coefficient (Wildman–Crippen LogP) is 6.85. The van der Waals surface area contributed by atoms with Gasteiger partial charge in [-0.2, -0.15) is 0 Å². The molecule has 2 rings (SSSR count). The summed E-state index contributed by atoms with van der Waals surface area (Å²) in [5.41, 5.74) is 3.41. The first-order valence-corrected chi connectivity index (χ1v) is 11.1. The summed E-state index contributed by atoms with van der Waals surface area (Å²) in [5.74, 6) is 0.943. The lowest BCUT2D eigenvalue weighted by Crippen LogP contribution is -1.99. The molecule has 0 atom stereocenters. The van der Waals surface area contributed by atoms with Crippen molar-refractivity contribution in [2.75, 3.05) is 19.8 Å². The van der Waals surface area contributed by atoms with Crippen LogP contribution in [0.2, 0.25) is 0 Å². The molecule has 154 valence electrons. The summed E-state index contributed by atoms with van der Waals surface area (Å²) < 4.78 is 11.5. The molecule has 0 saturated heterocycles. The molecule has 0 bridgehead atoms. The maximum absolute atomic E-state index is 5.84. The highest BCUT2D eigenvalue weighted by Crippen LogP contribution is 2.21. The van der Waals surface area contributed by atoms with E-state index >= 15 is 0 Å². The molecule has 0 amide bonds. The van der Waals surface area contributed by atoms with Gasteiger partial charge in [0.25, 0.3) is 0 Å². The van der Waals surface area contributed by atoms with Gasteiger partial charge < -0.3 is 9.47 Å². The van der Waals surface area contributed by atoms with Gasteiger partial charge in [-0.1, -0.05) is 52.0 Å². The van der Waals surface area contributed by atoms with Crippen molar-refractivity contribution in [2.45, 2.75) is 71.6 Å². The van der Waals surface area contributed by atoms with E-state index in [1.807, 2.05) is 18.3 Å². The highest BCUT2D eigenvalue weighted by Gasteiger charge is 2.02. The Kier molecular flexibility index (Phi) is 11.3. The number of hydrogen-bond acceptors (Lipinski definition) is 3. The number of benzene rings is 1. The number of nitrogens with zero attached hydrogens (tertiary/aromatic N) is 1. The largest absolute Gasteiger partial charge is 0.494 e. The Morgan fingerprint density at radius 1 is 0.714 bits per heavy atom. The second-order valence-corrected chi connectivity index (χ2v) is 7.41. The SMILES string of the molecule is CCCCCCCOc1ccc(-c2ccc(CCCOCCCC)cn2)cc1. The predicted molar refractivity (Wildman–Crippen MR) is 118 cm³/mol. The van der Waals surface area contributed by atoms with Crippen LogP contribution in [0, 0.1) is 0 Å². The lowest BCUT2D eigenvalue weighted by Gasteiger charge is -2.08. The third-order valence-electron chi connectivity index (χ3n) is 4.89. The highest BCUT2D eigenvalue weighted by atomic mass is 16.5. The zero-order valence-electron chi connectivity index (χ0n) is 17.8. The van der Waals surface area contributed by atoms with Crippen LogP contribution in [-0.4, -0.2) is 24.8 Å². The maximum Gasteiger partial charge on any atom is 0.119 e. The Morgan fingerprint density at radius 2 is 1.46 bits per heavy atom. The fourth-order valence-corrected chi connectivity index (χ4v) is 3.09. The molecule has 28 heavy (non-hydrogen) atoms. The van der Waals surface area contributed by atoms with Gasteiger partial charge >= 0.3 is 0 Å². The number of hydrogen-bond donors (Lipinski definition) is 0. The number of rotatable bonds is 15. The molecule has 2 aromatic rings. The Bertz CT molecular complexity index is 565. The fraction of sp³-hybridized carbons (Fsp3) is 0.560. The van der Waals surface area contributed by atoms with Gasteiger partial charge in [0.1, 0.15) is 5.75 Å². The molecule has 3 nitrogen and oxygen atoms in total. The summed E-state index contributed by atoms with van der Waals surface area (Å²) in [6, 6.07) is 12.6. The molecule has 1 heterocycles. The standard InChI is InChI=1S/C25H37NO2/c1-3-5-7-8-9-20-28-24-15-13-23(14-16-24)25-17-12-22(21-26-25)11-10-19-27-18-6-4-2/h12-17,21H,3-11,18-20H2,1-2H3. The van der Waals surface area contributed by atoms with Crippen LogP contribution >= 0.6 is 0 Å². The minimum atomic E-state index is 0.804.